The molecule has 0 heteroatoms. The molecule has 0 spiro atoms. The maximum Gasteiger partial charge on any atom is -0.0175 e. The summed E-state index contributed by atoms with van der Waals surface area (Å²) in [6.45, 7) is 16.1. The van der Waals surface area contributed by atoms with Crippen molar-refractivity contribution in [1.29, 1.82) is 0 Å². The van der Waals surface area contributed by atoms with Crippen LogP contribution in [0.2, 0.25) is 0 Å². The summed E-state index contributed by atoms with van der Waals surface area (Å²) in [6.07, 6.45) is 8.35. The van der Waals surface area contributed by atoms with Crippen LogP contribution in [0.5, 0.6) is 0 Å². The minimum Gasteiger partial charge on any atom is -0.0999 e. The summed E-state index contributed by atoms with van der Waals surface area (Å²) >= 11 is 0. The van der Waals surface area contributed by atoms with Crippen LogP contribution in [0, 0.1) is 29.6 Å². The molecule has 0 saturated heterocycles. The molecule has 106 valence electrons. The topological polar surface area (TPSA) is 0 Å². The average Bonchev–Trinajstić information content (AvgIpc) is 2.79. The van der Waals surface area contributed by atoms with Crippen molar-refractivity contribution in [3.8, 4) is 0 Å². The molecule has 0 nitrogen and oxygen atoms in total. The van der Waals surface area contributed by atoms with E-state index in [-0.39, 0.29) is 0 Å². The quantitative estimate of drug-likeness (QED) is 0.480. The van der Waals surface area contributed by atoms with E-state index in [0.717, 1.165) is 29.6 Å². The van der Waals surface area contributed by atoms with E-state index in [1.807, 2.05) is 0 Å². The van der Waals surface area contributed by atoms with E-state index >= 15 is 0 Å². The highest BCUT2D eigenvalue weighted by Crippen LogP contribution is 2.47. The molecule has 0 N–H and O–H groups in total. The van der Waals surface area contributed by atoms with Crippen LogP contribution < -0.4 is 0 Å². The molecule has 0 bridgehead atoms. The molecule has 0 aromatic heterocycles. The van der Waals surface area contributed by atoms with Crippen LogP contribution in [0.25, 0.3) is 0 Å². The van der Waals surface area contributed by atoms with Gasteiger partial charge in [-0.2, -0.15) is 0 Å². The summed E-state index contributed by atoms with van der Waals surface area (Å²) in [5.74, 6) is 4.46. The smallest absolute Gasteiger partial charge is 0.0175 e. The van der Waals surface area contributed by atoms with Crippen molar-refractivity contribution in [1.82, 2.24) is 0 Å². The van der Waals surface area contributed by atoms with E-state index in [9.17, 15) is 0 Å². The molecule has 1 rings (SSSR count). The second-order valence-electron chi connectivity index (χ2n) is 6.84. The Morgan fingerprint density at radius 2 is 1.83 bits per heavy atom. The third-order valence-corrected chi connectivity index (χ3v) is 5.48. The van der Waals surface area contributed by atoms with Crippen molar-refractivity contribution >= 4 is 0 Å². The van der Waals surface area contributed by atoms with E-state index in [4.69, 9.17) is 0 Å². The van der Waals surface area contributed by atoms with Gasteiger partial charge in [0, 0.05) is 0 Å². The fourth-order valence-corrected chi connectivity index (χ4v) is 3.96. The molecule has 0 amide bonds. The molecule has 0 heterocycles. The van der Waals surface area contributed by atoms with Crippen LogP contribution >= 0.6 is 0 Å². The third kappa shape index (κ3) is 3.87. The predicted octanol–water partition coefficient (Wildman–Crippen LogP) is 6.08. The molecule has 0 aromatic rings. The van der Waals surface area contributed by atoms with Crippen molar-refractivity contribution in [2.75, 3.05) is 0 Å². The van der Waals surface area contributed by atoms with Crippen LogP contribution in [-0.2, 0) is 0 Å². The molecular formula is C18H34. The Bertz CT molecular complexity index is 253. The van der Waals surface area contributed by atoms with Crippen LogP contribution in [0.15, 0.2) is 12.2 Å². The fraction of sp³-hybridized carbons (Fsp3) is 0.889. The zero-order chi connectivity index (χ0) is 13.7. The number of allylic oxidation sites excluding steroid dienone is 1. The van der Waals surface area contributed by atoms with Gasteiger partial charge in [0.15, 0.2) is 0 Å². The van der Waals surface area contributed by atoms with Gasteiger partial charge in [0.25, 0.3) is 0 Å². The first-order valence-corrected chi connectivity index (χ1v) is 8.16. The van der Waals surface area contributed by atoms with Gasteiger partial charge in [-0.1, -0.05) is 65.5 Å². The Morgan fingerprint density at radius 1 is 1.17 bits per heavy atom. The lowest BCUT2D eigenvalue weighted by molar-refractivity contribution is 0.211. The van der Waals surface area contributed by atoms with Crippen molar-refractivity contribution in [3.05, 3.63) is 12.2 Å². The highest BCUT2D eigenvalue weighted by Gasteiger charge is 2.38. The highest BCUT2D eigenvalue weighted by atomic mass is 14.4. The molecule has 0 aromatic carbocycles. The second kappa shape index (κ2) is 7.36. The van der Waals surface area contributed by atoms with Crippen molar-refractivity contribution in [2.24, 2.45) is 29.6 Å². The number of hydrogen-bond acceptors (Lipinski definition) is 0. The lowest BCUT2D eigenvalue weighted by Crippen LogP contribution is -2.23. The van der Waals surface area contributed by atoms with Gasteiger partial charge in [0.1, 0.15) is 0 Å². The van der Waals surface area contributed by atoms with Crippen LogP contribution in [-0.4, -0.2) is 0 Å². The Morgan fingerprint density at radius 3 is 2.33 bits per heavy atom. The van der Waals surface area contributed by atoms with E-state index in [1.54, 1.807) is 0 Å². The molecule has 1 saturated carbocycles. The van der Waals surface area contributed by atoms with Gasteiger partial charge in [0.2, 0.25) is 0 Å². The van der Waals surface area contributed by atoms with Gasteiger partial charge in [-0.05, 0) is 49.4 Å². The van der Waals surface area contributed by atoms with Gasteiger partial charge in [0.05, 0.1) is 0 Å². The third-order valence-electron chi connectivity index (χ3n) is 5.48. The molecule has 1 aliphatic carbocycles. The first-order valence-electron chi connectivity index (χ1n) is 8.16. The van der Waals surface area contributed by atoms with Crippen molar-refractivity contribution in [3.63, 3.8) is 0 Å². The Hall–Kier alpha value is -0.260. The zero-order valence-electron chi connectivity index (χ0n) is 13.3. The first kappa shape index (κ1) is 15.8. The summed E-state index contributed by atoms with van der Waals surface area (Å²) < 4.78 is 0. The van der Waals surface area contributed by atoms with Crippen molar-refractivity contribution in [2.45, 2.75) is 73.1 Å². The van der Waals surface area contributed by atoms with Gasteiger partial charge >= 0.3 is 0 Å². The minimum absolute atomic E-state index is 0.807. The molecular weight excluding hydrogens is 216 g/mol. The van der Waals surface area contributed by atoms with Crippen LogP contribution in [0.3, 0.4) is 0 Å². The lowest BCUT2D eigenvalue weighted by atomic mass is 9.74. The average molecular weight is 250 g/mol. The van der Waals surface area contributed by atoms with Crippen molar-refractivity contribution < 1.29 is 0 Å². The SMILES string of the molecule is C=C(C)[C@@H]1CC[C@@H](CC)[C@H]1[C@@H](C)CCC(C)CC. The normalized spacial score (nSPS) is 31.3. The van der Waals surface area contributed by atoms with E-state index in [0.29, 0.717) is 0 Å². The summed E-state index contributed by atoms with van der Waals surface area (Å²) in [5, 5.41) is 0. The molecule has 18 heavy (non-hydrogen) atoms. The fourth-order valence-electron chi connectivity index (χ4n) is 3.96. The van der Waals surface area contributed by atoms with Gasteiger partial charge in [-0.25, -0.2) is 0 Å². The maximum atomic E-state index is 4.25. The van der Waals surface area contributed by atoms with E-state index in [1.165, 1.54) is 44.1 Å². The number of hydrogen-bond donors (Lipinski definition) is 0. The predicted molar refractivity (Wildman–Crippen MR) is 82.7 cm³/mol. The van der Waals surface area contributed by atoms with E-state index in [2.05, 4.69) is 41.2 Å². The standard InChI is InChI=1S/C18H34/c1-7-14(5)9-10-15(6)18-16(8-2)11-12-17(18)13(3)4/h14-18H,3,7-12H2,1-2,4-6H3/t14?,15-,16+,17-,18+/m0/s1. The molecule has 1 fully saturated rings. The summed E-state index contributed by atoms with van der Waals surface area (Å²) in [6, 6.07) is 0. The van der Waals surface area contributed by atoms with Crippen LogP contribution in [0.4, 0.5) is 0 Å². The summed E-state index contributed by atoms with van der Waals surface area (Å²) in [7, 11) is 0. The molecule has 0 radical (unpaired) electrons. The lowest BCUT2D eigenvalue weighted by Gasteiger charge is -2.31. The molecule has 0 aliphatic heterocycles. The Kier molecular flexibility index (Phi) is 6.46. The first-order chi connectivity index (χ1) is 8.51. The summed E-state index contributed by atoms with van der Waals surface area (Å²) in [4.78, 5) is 0. The Labute approximate surface area is 115 Å². The second-order valence-corrected chi connectivity index (χ2v) is 6.84. The monoisotopic (exact) mass is 250 g/mol. The molecule has 1 unspecified atom stereocenters. The Balaban J connectivity index is 2.60. The van der Waals surface area contributed by atoms with Gasteiger partial charge < -0.3 is 0 Å². The van der Waals surface area contributed by atoms with E-state index < -0.39 is 0 Å². The molecule has 5 atom stereocenters. The maximum absolute atomic E-state index is 4.25. The minimum atomic E-state index is 0.807. The van der Waals surface area contributed by atoms with Crippen LogP contribution in [0.1, 0.15) is 73.1 Å². The molecule has 1 aliphatic rings. The van der Waals surface area contributed by atoms with Gasteiger partial charge in [-0.3, -0.25) is 0 Å². The number of rotatable bonds is 7. The zero-order valence-corrected chi connectivity index (χ0v) is 13.3. The highest BCUT2D eigenvalue weighted by molar-refractivity contribution is 5.04. The largest absolute Gasteiger partial charge is 0.0999 e. The summed E-state index contributed by atoms with van der Waals surface area (Å²) in [5.41, 5.74) is 1.44. The van der Waals surface area contributed by atoms with Gasteiger partial charge in [-0.15, -0.1) is 0 Å².